The molecule has 5 heteroatoms. The molecule has 1 saturated heterocycles. The minimum absolute atomic E-state index is 0.753. The number of aromatic nitrogens is 2. The van der Waals surface area contributed by atoms with E-state index in [1.807, 2.05) is 14.0 Å². The number of nitrogen functional groups attached to an aromatic ring is 1. The van der Waals surface area contributed by atoms with E-state index >= 15 is 0 Å². The number of anilines is 2. The SMILES string of the molecule is Cc1nn(C)c(NN2CCCCC2)c1N. The molecule has 0 aliphatic carbocycles. The van der Waals surface area contributed by atoms with Crippen LogP contribution in [0.2, 0.25) is 0 Å². The molecule has 0 spiro atoms. The van der Waals surface area contributed by atoms with Crippen molar-refractivity contribution in [2.24, 2.45) is 7.05 Å². The quantitative estimate of drug-likeness (QED) is 0.766. The first-order valence-corrected chi connectivity index (χ1v) is 5.49. The second-order valence-corrected chi connectivity index (χ2v) is 4.13. The van der Waals surface area contributed by atoms with E-state index in [-0.39, 0.29) is 0 Å². The number of rotatable bonds is 2. The lowest BCUT2D eigenvalue weighted by Gasteiger charge is -2.27. The van der Waals surface area contributed by atoms with E-state index < -0.39 is 0 Å². The van der Waals surface area contributed by atoms with Crippen molar-refractivity contribution in [3.8, 4) is 0 Å². The van der Waals surface area contributed by atoms with E-state index in [2.05, 4.69) is 15.5 Å². The third-order valence-electron chi connectivity index (χ3n) is 2.89. The summed E-state index contributed by atoms with van der Waals surface area (Å²) in [6, 6.07) is 0. The molecule has 3 N–H and O–H groups in total. The standard InChI is InChI=1S/C10H19N5/c1-8-9(11)10(14(2)12-8)13-15-6-4-3-5-7-15/h13H,3-7,11H2,1-2H3. The normalized spacial score (nSPS) is 18.0. The molecule has 15 heavy (non-hydrogen) atoms. The number of nitrogens with one attached hydrogen (secondary N) is 1. The number of nitrogens with zero attached hydrogens (tertiary/aromatic N) is 3. The van der Waals surface area contributed by atoms with Crippen LogP contribution < -0.4 is 11.2 Å². The lowest BCUT2D eigenvalue weighted by atomic mass is 10.2. The van der Waals surface area contributed by atoms with Crippen LogP contribution in [0.3, 0.4) is 0 Å². The topological polar surface area (TPSA) is 59.1 Å². The average Bonchev–Trinajstić information content (AvgIpc) is 2.47. The Morgan fingerprint density at radius 2 is 1.93 bits per heavy atom. The van der Waals surface area contributed by atoms with Gasteiger partial charge in [-0.15, -0.1) is 0 Å². The molecule has 0 amide bonds. The summed E-state index contributed by atoms with van der Waals surface area (Å²) < 4.78 is 1.80. The van der Waals surface area contributed by atoms with Gasteiger partial charge in [0.25, 0.3) is 0 Å². The van der Waals surface area contributed by atoms with Gasteiger partial charge in [0.1, 0.15) is 0 Å². The third-order valence-corrected chi connectivity index (χ3v) is 2.89. The Kier molecular flexibility index (Phi) is 2.81. The zero-order chi connectivity index (χ0) is 10.8. The van der Waals surface area contributed by atoms with Crippen LogP contribution in [0.25, 0.3) is 0 Å². The molecule has 1 fully saturated rings. The second kappa shape index (κ2) is 4.10. The molecule has 1 aliphatic rings. The number of piperidine rings is 1. The average molecular weight is 209 g/mol. The van der Waals surface area contributed by atoms with Crippen LogP contribution in [0, 0.1) is 6.92 Å². The fraction of sp³-hybridized carbons (Fsp3) is 0.700. The smallest absolute Gasteiger partial charge is 0.162 e. The molecule has 0 unspecified atom stereocenters. The highest BCUT2D eigenvalue weighted by molar-refractivity contribution is 5.64. The van der Waals surface area contributed by atoms with Crippen LogP contribution in [-0.2, 0) is 7.05 Å². The van der Waals surface area contributed by atoms with Crippen molar-refractivity contribution >= 4 is 11.5 Å². The van der Waals surface area contributed by atoms with Crippen LogP contribution in [0.5, 0.6) is 0 Å². The molecule has 2 rings (SSSR count). The van der Waals surface area contributed by atoms with E-state index in [1.165, 1.54) is 19.3 Å². The summed E-state index contributed by atoms with van der Waals surface area (Å²) in [5.74, 6) is 0.911. The lowest BCUT2D eigenvalue weighted by molar-refractivity contribution is 0.271. The van der Waals surface area contributed by atoms with Crippen LogP contribution in [0.4, 0.5) is 11.5 Å². The van der Waals surface area contributed by atoms with Crippen molar-refractivity contribution in [3.63, 3.8) is 0 Å². The molecule has 2 heterocycles. The van der Waals surface area contributed by atoms with Gasteiger partial charge in [-0.3, -0.25) is 0 Å². The second-order valence-electron chi connectivity index (χ2n) is 4.13. The van der Waals surface area contributed by atoms with Crippen molar-refractivity contribution in [1.29, 1.82) is 0 Å². The Hall–Kier alpha value is -1.23. The molecule has 0 saturated carbocycles. The lowest BCUT2D eigenvalue weighted by Crippen LogP contribution is -2.35. The highest BCUT2D eigenvalue weighted by atomic mass is 15.5. The maximum atomic E-state index is 5.95. The summed E-state index contributed by atoms with van der Waals surface area (Å²) in [4.78, 5) is 0. The van der Waals surface area contributed by atoms with Crippen LogP contribution in [0.1, 0.15) is 25.0 Å². The molecular formula is C10H19N5. The van der Waals surface area contributed by atoms with E-state index in [0.29, 0.717) is 0 Å². The Labute approximate surface area is 90.2 Å². The molecule has 0 radical (unpaired) electrons. The Bertz CT molecular complexity index is 338. The predicted octanol–water partition coefficient (Wildman–Crippen LogP) is 1.12. The molecular weight excluding hydrogens is 190 g/mol. The van der Waals surface area contributed by atoms with Gasteiger partial charge in [0, 0.05) is 20.1 Å². The Balaban J connectivity index is 2.09. The van der Waals surface area contributed by atoms with Gasteiger partial charge in [-0.05, 0) is 19.8 Å². The molecule has 0 atom stereocenters. The van der Waals surface area contributed by atoms with Gasteiger partial charge in [-0.25, -0.2) is 9.69 Å². The van der Waals surface area contributed by atoms with Gasteiger partial charge in [-0.1, -0.05) is 6.42 Å². The van der Waals surface area contributed by atoms with Crippen molar-refractivity contribution < 1.29 is 0 Å². The van der Waals surface area contributed by atoms with Gasteiger partial charge >= 0.3 is 0 Å². The van der Waals surface area contributed by atoms with Crippen molar-refractivity contribution in [3.05, 3.63) is 5.69 Å². The summed E-state index contributed by atoms with van der Waals surface area (Å²) in [5, 5.41) is 6.50. The van der Waals surface area contributed by atoms with E-state index in [9.17, 15) is 0 Å². The maximum Gasteiger partial charge on any atom is 0.162 e. The summed E-state index contributed by atoms with van der Waals surface area (Å²) in [6.45, 7) is 4.10. The number of hydrogen-bond donors (Lipinski definition) is 2. The number of nitrogens with two attached hydrogens (primary N) is 1. The molecule has 1 aromatic rings. The largest absolute Gasteiger partial charge is 0.394 e. The summed E-state index contributed by atoms with van der Waals surface area (Å²) in [6.07, 6.45) is 3.84. The summed E-state index contributed by atoms with van der Waals surface area (Å²) >= 11 is 0. The minimum Gasteiger partial charge on any atom is -0.394 e. The Morgan fingerprint density at radius 3 is 2.47 bits per heavy atom. The van der Waals surface area contributed by atoms with Crippen LogP contribution in [-0.4, -0.2) is 27.9 Å². The van der Waals surface area contributed by atoms with Crippen molar-refractivity contribution in [1.82, 2.24) is 14.8 Å². The molecule has 1 aliphatic heterocycles. The van der Waals surface area contributed by atoms with Gasteiger partial charge < -0.3 is 11.2 Å². The monoisotopic (exact) mass is 209 g/mol. The zero-order valence-corrected chi connectivity index (χ0v) is 9.45. The first kappa shape index (κ1) is 10.3. The molecule has 1 aromatic heterocycles. The fourth-order valence-electron chi connectivity index (χ4n) is 1.96. The van der Waals surface area contributed by atoms with Crippen LogP contribution >= 0.6 is 0 Å². The molecule has 0 bridgehead atoms. The predicted molar refractivity (Wildman–Crippen MR) is 61.4 cm³/mol. The first-order valence-electron chi connectivity index (χ1n) is 5.49. The van der Waals surface area contributed by atoms with E-state index in [0.717, 1.165) is 30.3 Å². The molecule has 84 valence electrons. The number of hydrazine groups is 1. The first-order chi connectivity index (χ1) is 7.18. The summed E-state index contributed by atoms with van der Waals surface area (Å²) in [7, 11) is 1.91. The molecule has 5 nitrogen and oxygen atoms in total. The van der Waals surface area contributed by atoms with Crippen LogP contribution in [0.15, 0.2) is 0 Å². The van der Waals surface area contributed by atoms with E-state index in [1.54, 1.807) is 4.68 Å². The zero-order valence-electron chi connectivity index (χ0n) is 9.45. The summed E-state index contributed by atoms with van der Waals surface area (Å²) in [5.41, 5.74) is 10.9. The van der Waals surface area contributed by atoms with E-state index in [4.69, 9.17) is 5.73 Å². The fourth-order valence-corrected chi connectivity index (χ4v) is 1.96. The number of hydrogen-bond acceptors (Lipinski definition) is 4. The van der Waals surface area contributed by atoms with Crippen molar-refractivity contribution in [2.75, 3.05) is 24.2 Å². The Morgan fingerprint density at radius 1 is 1.27 bits per heavy atom. The van der Waals surface area contributed by atoms with Gasteiger partial charge in [0.05, 0.1) is 11.4 Å². The van der Waals surface area contributed by atoms with Gasteiger partial charge in [0.15, 0.2) is 5.82 Å². The third kappa shape index (κ3) is 2.07. The number of aryl methyl sites for hydroxylation is 2. The van der Waals surface area contributed by atoms with Gasteiger partial charge in [0.2, 0.25) is 0 Å². The molecule has 0 aromatic carbocycles. The highest BCUT2D eigenvalue weighted by Crippen LogP contribution is 2.22. The van der Waals surface area contributed by atoms with Gasteiger partial charge in [-0.2, -0.15) is 5.10 Å². The highest BCUT2D eigenvalue weighted by Gasteiger charge is 2.15. The maximum absolute atomic E-state index is 5.95. The minimum atomic E-state index is 0.753. The van der Waals surface area contributed by atoms with Crippen molar-refractivity contribution in [2.45, 2.75) is 26.2 Å².